The normalized spacial score (nSPS) is 36.5. The summed E-state index contributed by atoms with van der Waals surface area (Å²) in [6, 6.07) is 0.400. The molecular weight excluding hydrogens is 262 g/mol. The van der Waals surface area contributed by atoms with E-state index in [1.165, 1.54) is 0 Å². The van der Waals surface area contributed by atoms with Crippen molar-refractivity contribution in [2.24, 2.45) is 17.8 Å². The van der Waals surface area contributed by atoms with E-state index in [4.69, 9.17) is 0 Å². The van der Waals surface area contributed by atoms with E-state index in [0.717, 1.165) is 25.9 Å². The van der Waals surface area contributed by atoms with Crippen LogP contribution in [-0.4, -0.2) is 54.1 Å². The first-order valence-corrected chi connectivity index (χ1v) is 8.63. The van der Waals surface area contributed by atoms with Gasteiger partial charge in [0.05, 0.1) is 12.2 Å². The number of nitrogens with one attached hydrogen (secondary N) is 1. The van der Waals surface area contributed by atoms with Gasteiger partial charge in [-0.05, 0) is 37.8 Å². The molecule has 2 heterocycles. The second-order valence-electron chi connectivity index (χ2n) is 7.56. The smallest absolute Gasteiger partial charge is 0.241 e. The predicted molar refractivity (Wildman–Crippen MR) is 86.9 cm³/mol. The van der Waals surface area contributed by atoms with Crippen molar-refractivity contribution in [3.8, 4) is 0 Å². The Kier molecular flexibility index (Phi) is 5.31. The summed E-state index contributed by atoms with van der Waals surface area (Å²) in [5.41, 5.74) is 0. The second kappa shape index (κ2) is 6.66. The van der Waals surface area contributed by atoms with Crippen LogP contribution >= 0.6 is 0 Å². The number of amides is 1. The lowest BCUT2D eigenvalue weighted by Gasteiger charge is -2.43. The van der Waals surface area contributed by atoms with E-state index in [0.29, 0.717) is 29.7 Å². The van der Waals surface area contributed by atoms with Gasteiger partial charge in [-0.2, -0.15) is 0 Å². The first kappa shape index (κ1) is 16.8. The van der Waals surface area contributed by atoms with Gasteiger partial charge < -0.3 is 9.80 Å². The molecule has 0 aromatic rings. The lowest BCUT2D eigenvalue weighted by molar-refractivity contribution is -0.136. The summed E-state index contributed by atoms with van der Waals surface area (Å²) in [4.78, 5) is 17.6. The predicted octanol–water partition coefficient (Wildman–Crippen LogP) is 2.16. The third kappa shape index (κ3) is 3.26. The number of likely N-dealkylation sites (tertiary alicyclic amines) is 1. The average molecular weight is 295 g/mol. The molecule has 1 N–H and O–H groups in total. The number of piperidine rings is 1. The van der Waals surface area contributed by atoms with Gasteiger partial charge in [-0.15, -0.1) is 0 Å². The van der Waals surface area contributed by atoms with Gasteiger partial charge in [0.25, 0.3) is 0 Å². The molecule has 5 atom stereocenters. The summed E-state index contributed by atoms with van der Waals surface area (Å²) in [6.45, 7) is 13.3. The molecule has 0 aromatic carbocycles. The molecule has 2 aliphatic heterocycles. The molecule has 0 spiro atoms. The Morgan fingerprint density at radius 1 is 1.33 bits per heavy atom. The van der Waals surface area contributed by atoms with Crippen molar-refractivity contribution in [1.29, 1.82) is 0 Å². The minimum Gasteiger partial charge on any atom is -0.322 e. The molecule has 4 nitrogen and oxygen atoms in total. The highest BCUT2D eigenvalue weighted by Crippen LogP contribution is 2.31. The molecule has 21 heavy (non-hydrogen) atoms. The van der Waals surface area contributed by atoms with E-state index in [9.17, 15) is 4.79 Å². The number of carbonyl (C=O) groups excluding carboxylic acids is 1. The molecule has 0 radical (unpaired) electrons. The fourth-order valence-electron chi connectivity index (χ4n) is 3.91. The van der Waals surface area contributed by atoms with Crippen molar-refractivity contribution in [3.63, 3.8) is 0 Å². The molecular formula is C17H33N3O. The molecule has 2 fully saturated rings. The van der Waals surface area contributed by atoms with Crippen LogP contribution in [0.1, 0.15) is 47.5 Å². The van der Waals surface area contributed by atoms with Crippen molar-refractivity contribution < 1.29 is 4.79 Å². The van der Waals surface area contributed by atoms with Gasteiger partial charge in [0.15, 0.2) is 0 Å². The SMILES string of the molecule is CCC(C)C1NC(C(C)C)N(C2CCN(C)CC2C)C1=O. The van der Waals surface area contributed by atoms with Crippen LogP contribution in [0.3, 0.4) is 0 Å². The molecule has 0 saturated carbocycles. The van der Waals surface area contributed by atoms with Crippen molar-refractivity contribution in [3.05, 3.63) is 0 Å². The summed E-state index contributed by atoms with van der Waals surface area (Å²) in [5, 5.41) is 3.63. The Labute approximate surface area is 130 Å². The third-order valence-corrected chi connectivity index (χ3v) is 5.44. The van der Waals surface area contributed by atoms with Crippen molar-refractivity contribution in [2.45, 2.75) is 65.7 Å². The average Bonchev–Trinajstić information content (AvgIpc) is 2.76. The summed E-state index contributed by atoms with van der Waals surface area (Å²) in [7, 11) is 2.18. The maximum absolute atomic E-state index is 13.0. The zero-order chi connectivity index (χ0) is 15.7. The molecule has 2 saturated heterocycles. The topological polar surface area (TPSA) is 35.6 Å². The van der Waals surface area contributed by atoms with Gasteiger partial charge in [-0.25, -0.2) is 0 Å². The number of hydrogen-bond donors (Lipinski definition) is 1. The summed E-state index contributed by atoms with van der Waals surface area (Å²) in [5.74, 6) is 1.75. The minimum atomic E-state index is 0.00857. The zero-order valence-electron chi connectivity index (χ0n) is 14.6. The van der Waals surface area contributed by atoms with Crippen LogP contribution < -0.4 is 5.32 Å². The lowest BCUT2D eigenvalue weighted by Crippen LogP contribution is -2.54. The standard InChI is InChI=1S/C17H33N3O/c1-7-12(4)15-17(21)20(16(18-15)11(2)3)14-8-9-19(6)10-13(14)5/h11-16,18H,7-10H2,1-6H3. The molecule has 0 bridgehead atoms. The largest absolute Gasteiger partial charge is 0.322 e. The number of carbonyl (C=O) groups is 1. The second-order valence-corrected chi connectivity index (χ2v) is 7.56. The Morgan fingerprint density at radius 2 is 2.00 bits per heavy atom. The van der Waals surface area contributed by atoms with Gasteiger partial charge in [0, 0.05) is 12.6 Å². The monoisotopic (exact) mass is 295 g/mol. The highest BCUT2D eigenvalue weighted by atomic mass is 16.2. The van der Waals surface area contributed by atoms with Gasteiger partial charge >= 0.3 is 0 Å². The van der Waals surface area contributed by atoms with Crippen LogP contribution in [-0.2, 0) is 4.79 Å². The Bertz CT molecular complexity index is 371. The first-order valence-electron chi connectivity index (χ1n) is 8.63. The molecule has 5 unspecified atom stereocenters. The molecule has 1 amide bonds. The van der Waals surface area contributed by atoms with Crippen molar-refractivity contribution in [2.75, 3.05) is 20.1 Å². The van der Waals surface area contributed by atoms with Crippen LogP contribution in [0.5, 0.6) is 0 Å². The molecule has 0 aromatic heterocycles. The fourth-order valence-corrected chi connectivity index (χ4v) is 3.91. The summed E-state index contributed by atoms with van der Waals surface area (Å²) < 4.78 is 0. The van der Waals surface area contributed by atoms with E-state index < -0.39 is 0 Å². The highest BCUT2D eigenvalue weighted by Gasteiger charge is 2.46. The number of hydrogen-bond acceptors (Lipinski definition) is 3. The van der Waals surface area contributed by atoms with Gasteiger partial charge in [-0.1, -0.05) is 41.0 Å². The molecule has 0 aliphatic carbocycles. The van der Waals surface area contributed by atoms with Crippen LogP contribution in [0, 0.1) is 17.8 Å². The van der Waals surface area contributed by atoms with E-state index in [1.807, 2.05) is 0 Å². The Morgan fingerprint density at radius 3 is 2.52 bits per heavy atom. The summed E-state index contributed by atoms with van der Waals surface area (Å²) >= 11 is 0. The number of nitrogens with zero attached hydrogens (tertiary/aromatic N) is 2. The number of rotatable bonds is 4. The van der Waals surface area contributed by atoms with Crippen LogP contribution in [0.15, 0.2) is 0 Å². The van der Waals surface area contributed by atoms with Crippen molar-refractivity contribution in [1.82, 2.24) is 15.1 Å². The quantitative estimate of drug-likeness (QED) is 0.863. The maximum Gasteiger partial charge on any atom is 0.241 e. The summed E-state index contributed by atoms with van der Waals surface area (Å²) in [6.07, 6.45) is 2.35. The van der Waals surface area contributed by atoms with E-state index >= 15 is 0 Å². The van der Waals surface area contributed by atoms with Crippen LogP contribution in [0.25, 0.3) is 0 Å². The highest BCUT2D eigenvalue weighted by molar-refractivity contribution is 5.85. The van der Waals surface area contributed by atoms with Gasteiger partial charge in [-0.3, -0.25) is 10.1 Å². The Balaban J connectivity index is 2.20. The van der Waals surface area contributed by atoms with Crippen LogP contribution in [0.2, 0.25) is 0 Å². The minimum absolute atomic E-state index is 0.00857. The first-order chi connectivity index (χ1) is 9.86. The lowest BCUT2D eigenvalue weighted by atomic mass is 9.91. The van der Waals surface area contributed by atoms with Crippen LogP contribution in [0.4, 0.5) is 0 Å². The van der Waals surface area contributed by atoms with Gasteiger partial charge in [0.1, 0.15) is 0 Å². The molecule has 122 valence electrons. The van der Waals surface area contributed by atoms with Gasteiger partial charge in [0.2, 0.25) is 5.91 Å². The van der Waals surface area contributed by atoms with E-state index in [1.54, 1.807) is 0 Å². The fraction of sp³-hybridized carbons (Fsp3) is 0.941. The van der Waals surface area contributed by atoms with Crippen molar-refractivity contribution >= 4 is 5.91 Å². The molecule has 2 aliphatic rings. The Hall–Kier alpha value is -0.610. The molecule has 2 rings (SSSR count). The van der Waals surface area contributed by atoms with E-state index in [-0.39, 0.29) is 12.2 Å². The third-order valence-electron chi connectivity index (χ3n) is 5.44. The van der Waals surface area contributed by atoms with E-state index in [2.05, 4.69) is 56.8 Å². The zero-order valence-corrected chi connectivity index (χ0v) is 14.6. The molecule has 4 heteroatoms. The maximum atomic E-state index is 13.0.